The Kier molecular flexibility index (Phi) is 8.41. The molecule has 12 atom stereocenters. The van der Waals surface area contributed by atoms with Gasteiger partial charge < -0.3 is 10.2 Å². The highest BCUT2D eigenvalue weighted by Gasteiger charge is 2.53. The number of aliphatic imine (C=N–C) groups is 2. The number of allylic oxidation sites excluding steroid dienone is 2. The van der Waals surface area contributed by atoms with E-state index in [1.807, 2.05) is 0 Å². The van der Waals surface area contributed by atoms with Crippen LogP contribution < -0.4 is 5.32 Å². The highest BCUT2D eigenvalue weighted by Crippen LogP contribution is 2.59. The first kappa shape index (κ1) is 29.9. The van der Waals surface area contributed by atoms with Gasteiger partial charge >= 0.3 is 0 Å². The molecule has 3 heterocycles. The second-order valence-corrected chi connectivity index (χ2v) is 18.6. The summed E-state index contributed by atoms with van der Waals surface area (Å²) in [5.41, 5.74) is 1.75. The van der Waals surface area contributed by atoms with Crippen molar-refractivity contribution in [1.29, 1.82) is 0 Å². The van der Waals surface area contributed by atoms with E-state index in [-0.39, 0.29) is 6.17 Å². The van der Waals surface area contributed by atoms with Crippen LogP contribution >= 0.6 is 11.8 Å². The van der Waals surface area contributed by atoms with Crippen molar-refractivity contribution in [3.05, 3.63) is 23.8 Å². The van der Waals surface area contributed by atoms with Crippen molar-refractivity contribution in [2.24, 2.45) is 57.3 Å². The van der Waals surface area contributed by atoms with Crippen molar-refractivity contribution in [3.8, 4) is 0 Å². The minimum atomic E-state index is 0.128. The summed E-state index contributed by atoms with van der Waals surface area (Å²) in [5, 5.41) is 5.97. The Morgan fingerprint density at radius 2 is 1.60 bits per heavy atom. The maximum absolute atomic E-state index is 5.68. The Bertz CT molecular complexity index is 1210. The number of nitrogens with zero attached hydrogens (tertiary/aromatic N) is 3. The summed E-state index contributed by atoms with van der Waals surface area (Å²) in [6, 6.07) is 1.09. The van der Waals surface area contributed by atoms with Crippen LogP contribution in [0, 0.1) is 47.3 Å². The fourth-order valence-corrected chi connectivity index (χ4v) is 14.8. The maximum atomic E-state index is 5.68. The van der Waals surface area contributed by atoms with Crippen molar-refractivity contribution in [1.82, 2.24) is 10.2 Å². The van der Waals surface area contributed by atoms with Crippen molar-refractivity contribution >= 4 is 23.6 Å². The zero-order valence-electron chi connectivity index (χ0n) is 28.1. The van der Waals surface area contributed by atoms with Gasteiger partial charge in [0.15, 0.2) is 0 Å². The van der Waals surface area contributed by atoms with Crippen LogP contribution in [0.2, 0.25) is 0 Å². The Balaban J connectivity index is 1.02. The monoisotopic (exact) mass is 628 g/mol. The van der Waals surface area contributed by atoms with Crippen LogP contribution in [0.4, 0.5) is 0 Å². The standard InChI is InChI=1S/C40H60N4S/c1-25-11-9-14-28(23-25)39-41-38(26-12-3-2-4-13-26)42-40(43-39)44-34-19-7-5-15-30(34)31-22-21-27(24-35(31)44)29-17-10-18-33-32-16-6-8-20-36(32)45-37(29)33/h5,15,22,25-30,32-37,39H,2-4,6-14,16-21,23-24H2,1H3,(H,41,42,43)/t25?,27?,28?,29?,30?,32-,33?,34?,35?,36-,37?,39?/m1/s1. The summed E-state index contributed by atoms with van der Waals surface area (Å²) in [7, 11) is 0. The molecule has 4 nitrogen and oxygen atoms in total. The fraction of sp³-hybridized carbons (Fsp3) is 0.850. The lowest BCUT2D eigenvalue weighted by Gasteiger charge is -2.44. The summed E-state index contributed by atoms with van der Waals surface area (Å²) in [4.78, 5) is 14.1. The molecular weight excluding hydrogens is 569 g/mol. The molecule has 5 heteroatoms. The highest BCUT2D eigenvalue weighted by atomic mass is 32.2. The Morgan fingerprint density at radius 1 is 0.778 bits per heavy atom. The smallest absolute Gasteiger partial charge is 0.202 e. The third-order valence-corrected chi connectivity index (χ3v) is 16.5. The van der Waals surface area contributed by atoms with Gasteiger partial charge in [-0.25, -0.2) is 9.98 Å². The average Bonchev–Trinajstić information content (AvgIpc) is 3.64. The number of fused-ring (bicyclic) bond motifs is 6. The van der Waals surface area contributed by atoms with Crippen molar-refractivity contribution in [3.63, 3.8) is 0 Å². The van der Waals surface area contributed by atoms with Gasteiger partial charge in [0.2, 0.25) is 5.96 Å². The van der Waals surface area contributed by atoms with Crippen molar-refractivity contribution < 1.29 is 0 Å². The highest BCUT2D eigenvalue weighted by molar-refractivity contribution is 8.00. The van der Waals surface area contributed by atoms with E-state index in [1.54, 1.807) is 5.57 Å². The lowest BCUT2D eigenvalue weighted by Crippen LogP contribution is -2.55. The lowest BCUT2D eigenvalue weighted by atomic mass is 9.65. The molecule has 0 aromatic heterocycles. The SMILES string of the molecule is CC1CCCC(C2N=C(C3CCCCC3)NC(N3C4CC(C5CCCC6C5S[C@@H]5CCCC[C@H]65)CC=C4C4C=CCCC43)=N2)C1. The summed E-state index contributed by atoms with van der Waals surface area (Å²) < 4.78 is 0. The molecule has 0 radical (unpaired) electrons. The predicted molar refractivity (Wildman–Crippen MR) is 190 cm³/mol. The molecule has 9 rings (SSSR count). The van der Waals surface area contributed by atoms with E-state index in [0.717, 1.165) is 40.1 Å². The summed E-state index contributed by atoms with van der Waals surface area (Å²) in [6.45, 7) is 2.47. The first-order chi connectivity index (χ1) is 22.2. The quantitative estimate of drug-likeness (QED) is 0.317. The third-order valence-electron chi connectivity index (χ3n) is 14.6. The molecule has 4 saturated carbocycles. The number of rotatable bonds is 3. The van der Waals surface area contributed by atoms with Crippen LogP contribution in [0.25, 0.3) is 0 Å². The molecule has 6 aliphatic carbocycles. The van der Waals surface area contributed by atoms with E-state index in [0.29, 0.717) is 29.8 Å². The molecule has 0 bridgehead atoms. The maximum Gasteiger partial charge on any atom is 0.202 e. The molecule has 6 fully saturated rings. The summed E-state index contributed by atoms with van der Waals surface area (Å²) in [6.07, 6.45) is 35.8. The van der Waals surface area contributed by atoms with Gasteiger partial charge in [0.1, 0.15) is 12.0 Å². The second-order valence-electron chi connectivity index (χ2n) is 17.2. The molecule has 0 spiro atoms. The molecule has 2 saturated heterocycles. The number of likely N-dealkylation sites (tertiary alicyclic amines) is 1. The number of hydrogen-bond donors (Lipinski definition) is 1. The summed E-state index contributed by atoms with van der Waals surface area (Å²) in [5.74, 6) is 9.00. The van der Waals surface area contributed by atoms with Crippen LogP contribution in [0.1, 0.15) is 135 Å². The fourth-order valence-electron chi connectivity index (χ4n) is 12.5. The Hall–Kier alpha value is -1.23. The minimum absolute atomic E-state index is 0.128. The first-order valence-electron chi connectivity index (χ1n) is 19.9. The number of amidine groups is 1. The van der Waals surface area contributed by atoms with E-state index in [4.69, 9.17) is 9.98 Å². The van der Waals surface area contributed by atoms with Crippen LogP contribution in [0.15, 0.2) is 33.8 Å². The zero-order chi connectivity index (χ0) is 29.9. The molecule has 1 N–H and O–H groups in total. The van der Waals surface area contributed by atoms with Gasteiger partial charge in [0.05, 0.1) is 6.04 Å². The molecule has 246 valence electrons. The Morgan fingerprint density at radius 3 is 2.51 bits per heavy atom. The minimum Gasteiger partial charge on any atom is -0.332 e. The number of nitrogens with one attached hydrogen (secondary N) is 1. The molecule has 10 unspecified atom stereocenters. The first-order valence-corrected chi connectivity index (χ1v) is 20.9. The van der Waals surface area contributed by atoms with Gasteiger partial charge in [-0.1, -0.05) is 76.5 Å². The van der Waals surface area contributed by atoms with Gasteiger partial charge in [0.25, 0.3) is 0 Å². The van der Waals surface area contributed by atoms with Gasteiger partial charge in [-0.2, -0.15) is 11.8 Å². The van der Waals surface area contributed by atoms with Crippen LogP contribution in [-0.2, 0) is 0 Å². The third kappa shape index (κ3) is 5.49. The zero-order valence-corrected chi connectivity index (χ0v) is 28.9. The van der Waals surface area contributed by atoms with Gasteiger partial charge in [0, 0.05) is 34.3 Å². The van der Waals surface area contributed by atoms with E-state index in [9.17, 15) is 0 Å². The molecule has 3 aliphatic heterocycles. The molecule has 9 aliphatic rings. The van der Waals surface area contributed by atoms with E-state index >= 15 is 0 Å². The number of guanidine groups is 1. The molecule has 0 aromatic carbocycles. The lowest BCUT2D eigenvalue weighted by molar-refractivity contribution is 0.137. The van der Waals surface area contributed by atoms with E-state index in [1.165, 1.54) is 140 Å². The molecular formula is C40H60N4S. The molecule has 0 aromatic rings. The van der Waals surface area contributed by atoms with E-state index in [2.05, 4.69) is 47.1 Å². The van der Waals surface area contributed by atoms with Gasteiger partial charge in [-0.15, -0.1) is 0 Å². The number of thioether (sulfide) groups is 1. The van der Waals surface area contributed by atoms with E-state index < -0.39 is 0 Å². The summed E-state index contributed by atoms with van der Waals surface area (Å²) >= 11 is 2.49. The largest absolute Gasteiger partial charge is 0.332 e. The number of hydrogen-bond acceptors (Lipinski definition) is 5. The van der Waals surface area contributed by atoms with Crippen LogP contribution in [0.5, 0.6) is 0 Å². The molecule has 0 amide bonds. The second kappa shape index (κ2) is 12.7. The predicted octanol–water partition coefficient (Wildman–Crippen LogP) is 9.52. The normalized spacial score (nSPS) is 46.6. The topological polar surface area (TPSA) is 40.0 Å². The van der Waals surface area contributed by atoms with Gasteiger partial charge in [-0.05, 0) is 112 Å². The van der Waals surface area contributed by atoms with Crippen LogP contribution in [0.3, 0.4) is 0 Å². The van der Waals surface area contributed by atoms with Gasteiger partial charge in [-0.3, -0.25) is 0 Å². The average molecular weight is 629 g/mol. The van der Waals surface area contributed by atoms with Crippen molar-refractivity contribution in [2.75, 3.05) is 0 Å². The van der Waals surface area contributed by atoms with Crippen molar-refractivity contribution in [2.45, 2.75) is 164 Å². The molecule has 45 heavy (non-hydrogen) atoms. The van der Waals surface area contributed by atoms with Crippen LogP contribution in [-0.4, -0.2) is 45.4 Å². The Labute approximate surface area is 278 Å².